The third-order valence-corrected chi connectivity index (χ3v) is 4.59. The highest BCUT2D eigenvalue weighted by Gasteiger charge is 2.36. The zero-order valence-corrected chi connectivity index (χ0v) is 17.0. The average molecular weight is 385 g/mol. The van der Waals surface area contributed by atoms with E-state index < -0.39 is 17.7 Å². The lowest BCUT2D eigenvalue weighted by atomic mass is 10.1. The van der Waals surface area contributed by atoms with E-state index in [9.17, 15) is 9.59 Å². The van der Waals surface area contributed by atoms with E-state index in [1.165, 1.54) is 4.90 Å². The Morgan fingerprint density at radius 2 is 2.04 bits per heavy atom. The van der Waals surface area contributed by atoms with E-state index in [0.717, 1.165) is 23.4 Å². The molecule has 2 aromatic rings. The molecule has 0 spiro atoms. The lowest BCUT2D eigenvalue weighted by molar-refractivity contribution is -0.120. The minimum atomic E-state index is -0.596. The lowest BCUT2D eigenvalue weighted by Gasteiger charge is -2.28. The molecule has 7 heteroatoms. The molecule has 28 heavy (non-hydrogen) atoms. The Labute approximate surface area is 165 Å². The first-order chi connectivity index (χ1) is 13.1. The number of anilines is 1. The Morgan fingerprint density at radius 1 is 1.29 bits per heavy atom. The molecule has 0 bridgehead atoms. The van der Waals surface area contributed by atoms with Crippen LogP contribution >= 0.6 is 0 Å². The molecule has 3 rings (SSSR count). The van der Waals surface area contributed by atoms with Crippen molar-refractivity contribution in [2.24, 2.45) is 0 Å². The number of amides is 2. The largest absolute Gasteiger partial charge is 0.444 e. The van der Waals surface area contributed by atoms with Crippen molar-refractivity contribution in [1.29, 1.82) is 0 Å². The molecule has 1 unspecified atom stereocenters. The molecule has 1 atom stereocenters. The molecular weight excluding hydrogens is 358 g/mol. The molecule has 1 aromatic heterocycles. The smallest absolute Gasteiger partial charge is 0.410 e. The number of rotatable bonds is 3. The van der Waals surface area contributed by atoms with E-state index in [0.29, 0.717) is 24.5 Å². The van der Waals surface area contributed by atoms with Crippen LogP contribution in [0.25, 0.3) is 11.5 Å². The van der Waals surface area contributed by atoms with Crippen LogP contribution in [0.4, 0.5) is 10.5 Å². The van der Waals surface area contributed by atoms with Crippen LogP contribution in [0, 0.1) is 13.8 Å². The summed E-state index contributed by atoms with van der Waals surface area (Å²) < 4.78 is 11.1. The fourth-order valence-electron chi connectivity index (χ4n) is 3.13. The summed E-state index contributed by atoms with van der Waals surface area (Å²) in [5.74, 6) is 1.06. The van der Waals surface area contributed by atoms with E-state index in [4.69, 9.17) is 9.15 Å². The molecule has 0 aliphatic carbocycles. The lowest BCUT2D eigenvalue weighted by Crippen LogP contribution is -2.45. The van der Waals surface area contributed by atoms with E-state index in [1.807, 2.05) is 52.8 Å². The van der Waals surface area contributed by atoms with Gasteiger partial charge < -0.3 is 14.5 Å². The van der Waals surface area contributed by atoms with Crippen LogP contribution in [0.2, 0.25) is 0 Å². The van der Waals surface area contributed by atoms with Gasteiger partial charge in [0.15, 0.2) is 0 Å². The summed E-state index contributed by atoms with van der Waals surface area (Å²) in [5, 5.41) is 2.91. The van der Waals surface area contributed by atoms with Crippen LogP contribution in [0.15, 0.2) is 28.7 Å². The highest BCUT2D eigenvalue weighted by atomic mass is 16.6. The van der Waals surface area contributed by atoms with Crippen molar-refractivity contribution in [3.05, 3.63) is 35.7 Å². The molecule has 150 valence electrons. The van der Waals surface area contributed by atoms with Crippen molar-refractivity contribution in [3.63, 3.8) is 0 Å². The minimum absolute atomic E-state index is 0.222. The van der Waals surface area contributed by atoms with Crippen LogP contribution in [-0.4, -0.2) is 40.1 Å². The van der Waals surface area contributed by atoms with E-state index in [1.54, 1.807) is 6.07 Å². The molecule has 1 aliphatic heterocycles. The summed E-state index contributed by atoms with van der Waals surface area (Å²) >= 11 is 0. The number of hydrogen-bond acceptors (Lipinski definition) is 5. The van der Waals surface area contributed by atoms with E-state index in [-0.39, 0.29) is 5.91 Å². The first kappa shape index (κ1) is 19.9. The van der Waals surface area contributed by atoms with Crippen molar-refractivity contribution >= 4 is 17.7 Å². The molecule has 1 N–H and O–H groups in total. The van der Waals surface area contributed by atoms with Gasteiger partial charge >= 0.3 is 6.09 Å². The number of nitrogens with one attached hydrogen (secondary N) is 1. The molecule has 2 heterocycles. The quantitative estimate of drug-likeness (QED) is 0.852. The molecule has 7 nitrogen and oxygen atoms in total. The molecule has 1 saturated heterocycles. The van der Waals surface area contributed by atoms with Gasteiger partial charge in [0.25, 0.3) is 0 Å². The number of hydrogen-bond donors (Lipinski definition) is 1. The highest BCUT2D eigenvalue weighted by molar-refractivity contribution is 5.97. The van der Waals surface area contributed by atoms with Crippen LogP contribution in [0.1, 0.15) is 45.1 Å². The zero-order chi connectivity index (χ0) is 20.5. The Balaban J connectivity index is 1.72. The van der Waals surface area contributed by atoms with Gasteiger partial charge in [-0.05, 0) is 65.7 Å². The first-order valence-electron chi connectivity index (χ1n) is 9.49. The third-order valence-electron chi connectivity index (χ3n) is 4.59. The highest BCUT2D eigenvalue weighted by Crippen LogP contribution is 2.26. The second-order valence-corrected chi connectivity index (χ2v) is 8.06. The van der Waals surface area contributed by atoms with Crippen LogP contribution in [-0.2, 0) is 9.53 Å². The Kier molecular flexibility index (Phi) is 5.45. The Bertz CT molecular complexity index is 863. The summed E-state index contributed by atoms with van der Waals surface area (Å²) in [6.45, 7) is 9.71. The predicted molar refractivity (Wildman–Crippen MR) is 106 cm³/mol. The molecule has 2 amide bonds. The third kappa shape index (κ3) is 4.52. The van der Waals surface area contributed by atoms with Gasteiger partial charge in [-0.3, -0.25) is 9.69 Å². The number of carbonyl (C=O) groups is 2. The van der Waals surface area contributed by atoms with E-state index >= 15 is 0 Å². The number of aromatic nitrogens is 1. The van der Waals surface area contributed by atoms with Crippen molar-refractivity contribution < 1.29 is 18.7 Å². The van der Waals surface area contributed by atoms with Gasteiger partial charge in [0.05, 0.1) is 5.69 Å². The zero-order valence-electron chi connectivity index (χ0n) is 17.0. The Hall–Kier alpha value is -2.83. The van der Waals surface area contributed by atoms with Crippen LogP contribution in [0.5, 0.6) is 0 Å². The SMILES string of the molecule is Cc1nc(-c2cccc(NC(=O)C3CCCN3C(=O)OC(C)(C)C)c2)oc1C. The molecule has 0 radical (unpaired) electrons. The van der Waals surface area contributed by atoms with Crippen molar-refractivity contribution in [2.45, 2.75) is 59.1 Å². The number of aryl methyl sites for hydroxylation is 2. The van der Waals surface area contributed by atoms with Gasteiger partial charge in [-0.15, -0.1) is 0 Å². The number of benzene rings is 1. The van der Waals surface area contributed by atoms with E-state index in [2.05, 4.69) is 10.3 Å². The fourth-order valence-corrected chi connectivity index (χ4v) is 3.13. The second kappa shape index (κ2) is 7.66. The number of nitrogens with zero attached hydrogens (tertiary/aromatic N) is 2. The maximum atomic E-state index is 12.8. The van der Waals surface area contributed by atoms with Gasteiger partial charge in [-0.2, -0.15) is 0 Å². The van der Waals surface area contributed by atoms with Crippen molar-refractivity contribution in [2.75, 3.05) is 11.9 Å². The molecule has 1 aliphatic rings. The molecular formula is C21H27N3O4. The second-order valence-electron chi connectivity index (χ2n) is 8.06. The normalized spacial score (nSPS) is 16.9. The van der Waals surface area contributed by atoms with Crippen LogP contribution < -0.4 is 5.32 Å². The predicted octanol–water partition coefficient (Wildman–Crippen LogP) is 4.30. The molecule has 1 aromatic carbocycles. The van der Waals surface area contributed by atoms with Crippen molar-refractivity contribution in [1.82, 2.24) is 9.88 Å². The molecule has 0 saturated carbocycles. The standard InChI is InChI=1S/C21H27N3O4/c1-13-14(2)27-19(22-13)15-8-6-9-16(12-15)23-18(25)17-10-7-11-24(17)20(26)28-21(3,4)5/h6,8-9,12,17H,7,10-11H2,1-5H3,(H,23,25). The first-order valence-corrected chi connectivity index (χ1v) is 9.49. The van der Waals surface area contributed by atoms with Crippen LogP contribution in [0.3, 0.4) is 0 Å². The summed E-state index contributed by atoms with van der Waals surface area (Å²) in [5.41, 5.74) is 1.65. The summed E-state index contributed by atoms with van der Waals surface area (Å²) in [4.78, 5) is 31.1. The number of carbonyl (C=O) groups excluding carboxylic acids is 2. The summed E-state index contributed by atoms with van der Waals surface area (Å²) in [6, 6.07) is 6.79. The fraction of sp³-hybridized carbons (Fsp3) is 0.476. The maximum absolute atomic E-state index is 12.8. The number of ether oxygens (including phenoxy) is 1. The average Bonchev–Trinajstić information content (AvgIpc) is 3.21. The van der Waals surface area contributed by atoms with Gasteiger partial charge in [0, 0.05) is 17.8 Å². The maximum Gasteiger partial charge on any atom is 0.410 e. The minimum Gasteiger partial charge on any atom is -0.444 e. The molecule has 1 fully saturated rings. The van der Waals surface area contributed by atoms with Crippen molar-refractivity contribution in [3.8, 4) is 11.5 Å². The summed E-state index contributed by atoms with van der Waals surface area (Å²) in [7, 11) is 0. The van der Waals surface area contributed by atoms with Gasteiger partial charge in [-0.25, -0.2) is 9.78 Å². The monoisotopic (exact) mass is 385 g/mol. The summed E-state index contributed by atoms with van der Waals surface area (Å²) in [6.07, 6.45) is 0.930. The number of oxazole rings is 1. The topological polar surface area (TPSA) is 84.7 Å². The van der Waals surface area contributed by atoms with Gasteiger partial charge in [-0.1, -0.05) is 6.07 Å². The number of likely N-dealkylation sites (tertiary alicyclic amines) is 1. The van der Waals surface area contributed by atoms with Gasteiger partial charge in [0.1, 0.15) is 17.4 Å². The Morgan fingerprint density at radius 3 is 2.68 bits per heavy atom. The van der Waals surface area contributed by atoms with Gasteiger partial charge in [0.2, 0.25) is 11.8 Å².